The van der Waals surface area contributed by atoms with Gasteiger partial charge in [-0.15, -0.1) is 6.58 Å². The van der Waals surface area contributed by atoms with E-state index in [4.69, 9.17) is 4.98 Å². The van der Waals surface area contributed by atoms with Crippen molar-refractivity contribution in [3.63, 3.8) is 0 Å². The Kier molecular flexibility index (Phi) is 8.81. The fourth-order valence-electron chi connectivity index (χ4n) is 6.68. The van der Waals surface area contributed by atoms with Gasteiger partial charge in [0, 0.05) is 36.3 Å². The van der Waals surface area contributed by atoms with Crippen LogP contribution in [0.15, 0.2) is 61.3 Å². The number of pyridine rings is 1. The normalized spacial score (nSPS) is 21.1. The number of anilines is 1. The summed E-state index contributed by atoms with van der Waals surface area (Å²) in [6.45, 7) is 18.7. The minimum atomic E-state index is -1.42. The lowest BCUT2D eigenvalue weighted by Gasteiger charge is -2.33. The van der Waals surface area contributed by atoms with Crippen LogP contribution in [0.4, 0.5) is 19.0 Å². The van der Waals surface area contributed by atoms with E-state index < -0.39 is 17.5 Å². The summed E-state index contributed by atoms with van der Waals surface area (Å²) in [5.74, 6) is -2.36. The molecule has 3 unspecified atom stereocenters. The van der Waals surface area contributed by atoms with Crippen molar-refractivity contribution in [2.24, 2.45) is 0 Å². The Morgan fingerprint density at radius 3 is 2.33 bits per heavy atom. The molecule has 0 amide bonds. The third-order valence-electron chi connectivity index (χ3n) is 9.24. The Labute approximate surface area is 248 Å². The summed E-state index contributed by atoms with van der Waals surface area (Å²) in [6, 6.07) is 11.3. The van der Waals surface area contributed by atoms with Crippen molar-refractivity contribution in [3.05, 3.63) is 107 Å². The van der Waals surface area contributed by atoms with Crippen LogP contribution >= 0.6 is 0 Å². The summed E-state index contributed by atoms with van der Waals surface area (Å²) >= 11 is 0. The van der Waals surface area contributed by atoms with Gasteiger partial charge in [0.25, 0.3) is 0 Å². The van der Waals surface area contributed by atoms with Crippen LogP contribution in [-0.4, -0.2) is 29.0 Å². The molecule has 2 saturated heterocycles. The molecule has 2 aliphatic heterocycles. The number of hydrogen-bond acceptors (Lipinski definition) is 3. The molecule has 3 atom stereocenters. The minimum Gasteiger partial charge on any atom is -0.366 e. The fourth-order valence-corrected chi connectivity index (χ4v) is 6.68. The summed E-state index contributed by atoms with van der Waals surface area (Å²) in [6.07, 6.45) is 6.76. The summed E-state index contributed by atoms with van der Waals surface area (Å²) in [5.41, 5.74) is 9.00. The third-order valence-corrected chi connectivity index (χ3v) is 9.24. The number of halogens is 3. The topological polar surface area (TPSA) is 19.4 Å². The molecule has 0 saturated carbocycles. The molecule has 3 aliphatic rings. The molecule has 0 N–H and O–H groups in total. The average molecular weight is 574 g/mol. The lowest BCUT2D eigenvalue weighted by molar-refractivity contribution is 0.286. The van der Waals surface area contributed by atoms with Crippen LogP contribution in [0.25, 0.3) is 11.1 Å². The summed E-state index contributed by atoms with van der Waals surface area (Å²) < 4.78 is 41.8. The van der Waals surface area contributed by atoms with E-state index >= 15 is 0 Å². The van der Waals surface area contributed by atoms with Gasteiger partial charge in [-0.25, -0.2) is 18.2 Å². The smallest absolute Gasteiger partial charge is 0.194 e. The first-order valence-electron chi connectivity index (χ1n) is 15.2. The van der Waals surface area contributed by atoms with Gasteiger partial charge in [-0.1, -0.05) is 38.6 Å². The van der Waals surface area contributed by atoms with Gasteiger partial charge in [0.15, 0.2) is 17.5 Å². The number of allylic oxidation sites excluding steroid dienone is 2. The van der Waals surface area contributed by atoms with Crippen molar-refractivity contribution in [3.8, 4) is 11.1 Å². The molecular weight excluding hydrogens is 531 g/mol. The highest BCUT2D eigenvalue weighted by Crippen LogP contribution is 2.43. The maximum absolute atomic E-state index is 14.1. The van der Waals surface area contributed by atoms with Gasteiger partial charge in [-0.3, -0.25) is 0 Å². The number of rotatable bonds is 6. The van der Waals surface area contributed by atoms with Crippen molar-refractivity contribution in [2.45, 2.75) is 84.2 Å². The maximum Gasteiger partial charge on any atom is 0.194 e. The number of fused-ring (bicyclic) bond motifs is 1. The van der Waals surface area contributed by atoms with Gasteiger partial charge in [-0.2, -0.15) is 0 Å². The Balaban J connectivity index is 0.00000113. The van der Waals surface area contributed by atoms with Gasteiger partial charge >= 0.3 is 0 Å². The second kappa shape index (κ2) is 12.4. The third kappa shape index (κ3) is 5.60. The molecule has 2 fully saturated rings. The lowest BCUT2D eigenvalue weighted by Crippen LogP contribution is -2.38. The number of hydrogen-bond donors (Lipinski definition) is 0. The Hall–Kier alpha value is -3.54. The Morgan fingerprint density at radius 2 is 1.71 bits per heavy atom. The maximum atomic E-state index is 14.1. The molecule has 42 heavy (non-hydrogen) atoms. The van der Waals surface area contributed by atoms with Crippen molar-refractivity contribution >= 4 is 5.82 Å². The highest BCUT2D eigenvalue weighted by atomic mass is 19.2. The molecular formula is C36H42F3N3. The second-order valence-corrected chi connectivity index (χ2v) is 12.0. The average Bonchev–Trinajstić information content (AvgIpc) is 3.44. The van der Waals surface area contributed by atoms with Crippen LogP contribution in [0.1, 0.15) is 86.7 Å². The van der Waals surface area contributed by atoms with Gasteiger partial charge < -0.3 is 9.80 Å². The molecule has 6 heteroatoms. The molecule has 3 aromatic rings. The van der Waals surface area contributed by atoms with E-state index in [9.17, 15) is 13.2 Å². The summed E-state index contributed by atoms with van der Waals surface area (Å²) in [4.78, 5) is 9.71. The zero-order chi connectivity index (χ0) is 30.1. The molecule has 1 aliphatic carbocycles. The van der Waals surface area contributed by atoms with E-state index in [-0.39, 0.29) is 12.0 Å². The van der Waals surface area contributed by atoms with E-state index in [0.717, 1.165) is 60.8 Å². The highest BCUT2D eigenvalue weighted by molar-refractivity contribution is 5.73. The summed E-state index contributed by atoms with van der Waals surface area (Å²) in [5, 5.41) is 0. The molecule has 3 heterocycles. The monoisotopic (exact) mass is 573 g/mol. The van der Waals surface area contributed by atoms with Gasteiger partial charge in [-0.05, 0) is 104 Å². The van der Waals surface area contributed by atoms with Gasteiger partial charge in [0.1, 0.15) is 5.82 Å². The molecule has 0 radical (unpaired) electrons. The number of benzene rings is 2. The number of likely N-dealkylation sites (tertiary alicyclic amines) is 1. The van der Waals surface area contributed by atoms with Crippen molar-refractivity contribution < 1.29 is 13.2 Å². The van der Waals surface area contributed by atoms with Gasteiger partial charge in [0.2, 0.25) is 0 Å². The molecule has 2 aromatic carbocycles. The zero-order valence-corrected chi connectivity index (χ0v) is 25.3. The first kappa shape index (κ1) is 29.9. The van der Waals surface area contributed by atoms with Crippen LogP contribution in [0.3, 0.4) is 0 Å². The molecule has 1 aromatic heterocycles. The fraction of sp³-hybridized carbons (Fsp3) is 0.417. The van der Waals surface area contributed by atoms with Crippen LogP contribution < -0.4 is 4.90 Å². The molecule has 6 rings (SSSR count). The molecule has 0 spiro atoms. The molecule has 3 nitrogen and oxygen atoms in total. The van der Waals surface area contributed by atoms with E-state index in [1.165, 1.54) is 35.1 Å². The van der Waals surface area contributed by atoms with Crippen LogP contribution in [-0.2, 0) is 19.4 Å². The van der Waals surface area contributed by atoms with E-state index in [0.29, 0.717) is 24.4 Å². The largest absolute Gasteiger partial charge is 0.366 e. The minimum absolute atomic E-state index is 0.0743. The predicted octanol–water partition coefficient (Wildman–Crippen LogP) is 9.07. The van der Waals surface area contributed by atoms with Crippen molar-refractivity contribution in [1.29, 1.82) is 0 Å². The first-order chi connectivity index (χ1) is 20.2. The second-order valence-electron chi connectivity index (χ2n) is 12.0. The van der Waals surface area contributed by atoms with E-state index in [2.05, 4.69) is 68.0 Å². The predicted molar refractivity (Wildman–Crippen MR) is 166 cm³/mol. The highest BCUT2D eigenvalue weighted by Gasteiger charge is 2.36. The van der Waals surface area contributed by atoms with Crippen LogP contribution in [0.5, 0.6) is 0 Å². The first-order valence-corrected chi connectivity index (χ1v) is 15.2. The van der Waals surface area contributed by atoms with Crippen LogP contribution in [0, 0.1) is 17.5 Å². The standard InChI is InChI=1S/C33H36F3N3.C3H6/c1-5-22-14-23-8-7-19(2)26(23)17-28(22)25-9-10-32(38-11-6-12-38)37-31(25)18-39-20(3)13-27(21(39)4)24-15-29(34)33(36)30(35)16-24;1-3-2/h9-10,14-17,19,21,27H,3,5-8,11-13,18H2,1-2,4H3;3H,1H2,2H3. The van der Waals surface area contributed by atoms with E-state index in [1.54, 1.807) is 6.08 Å². The van der Waals surface area contributed by atoms with Crippen molar-refractivity contribution in [1.82, 2.24) is 9.88 Å². The number of nitrogens with zero attached hydrogens (tertiary/aromatic N) is 3. The zero-order valence-electron chi connectivity index (χ0n) is 25.3. The Bertz CT molecular complexity index is 1470. The summed E-state index contributed by atoms with van der Waals surface area (Å²) in [7, 11) is 0. The van der Waals surface area contributed by atoms with E-state index in [1.807, 2.05) is 6.92 Å². The number of aryl methyl sites for hydroxylation is 2. The quantitative estimate of drug-likeness (QED) is 0.217. The lowest BCUT2D eigenvalue weighted by atomic mass is 9.90. The SMILES string of the molecule is C=C1CC(c2cc(F)c(F)c(F)c2)C(C)N1Cc1nc(N2CCC2)ccc1-c1cc2c(cc1CC)CCC2C.C=CC. The molecule has 0 bridgehead atoms. The van der Waals surface area contributed by atoms with Crippen LogP contribution in [0.2, 0.25) is 0 Å². The number of aromatic nitrogens is 1. The van der Waals surface area contributed by atoms with Crippen molar-refractivity contribution in [2.75, 3.05) is 18.0 Å². The molecule has 222 valence electrons. The Morgan fingerprint density at radius 1 is 1.02 bits per heavy atom. The van der Waals surface area contributed by atoms with Gasteiger partial charge in [0.05, 0.1) is 12.2 Å².